The standard InChI is InChI=1S/C22H26INO4S/c1-2-27-22-17(5-3-11-25)18(20-6-4-12-29-20)13-19(28-22)21(26)24-14-15-7-9-16(23)10-8-15/h4,6-10,12-13,17-18,22,25H,2-3,5,11,14H2,1H3,(H,24,26)/t17-,18-,22+/m1/s1. The lowest BCUT2D eigenvalue weighted by Gasteiger charge is -2.36. The minimum atomic E-state index is -0.511. The van der Waals surface area contributed by atoms with Gasteiger partial charge in [0.1, 0.15) is 0 Å². The number of rotatable bonds is 9. The summed E-state index contributed by atoms with van der Waals surface area (Å²) in [4.78, 5) is 14.0. The summed E-state index contributed by atoms with van der Waals surface area (Å²) >= 11 is 3.92. The first-order valence-electron chi connectivity index (χ1n) is 9.79. The van der Waals surface area contributed by atoms with Crippen molar-refractivity contribution in [3.8, 4) is 0 Å². The normalized spacial score (nSPS) is 21.3. The number of hydrogen-bond acceptors (Lipinski definition) is 5. The Morgan fingerprint density at radius 3 is 2.76 bits per heavy atom. The third kappa shape index (κ3) is 6.04. The van der Waals surface area contributed by atoms with Crippen molar-refractivity contribution in [2.45, 2.75) is 38.5 Å². The first-order chi connectivity index (χ1) is 14.1. The fourth-order valence-electron chi connectivity index (χ4n) is 3.45. The van der Waals surface area contributed by atoms with E-state index in [9.17, 15) is 9.90 Å². The molecule has 2 heterocycles. The van der Waals surface area contributed by atoms with E-state index in [2.05, 4.69) is 34.0 Å². The molecule has 3 atom stereocenters. The van der Waals surface area contributed by atoms with Crippen LogP contribution in [0.2, 0.25) is 0 Å². The highest BCUT2D eigenvalue weighted by Gasteiger charge is 2.38. The van der Waals surface area contributed by atoms with Crippen LogP contribution in [-0.2, 0) is 20.8 Å². The van der Waals surface area contributed by atoms with Crippen LogP contribution in [-0.4, -0.2) is 30.5 Å². The van der Waals surface area contributed by atoms with Gasteiger partial charge >= 0.3 is 0 Å². The number of amides is 1. The number of ether oxygens (including phenoxy) is 2. The van der Waals surface area contributed by atoms with Gasteiger partial charge in [0.25, 0.3) is 5.91 Å². The Labute approximate surface area is 189 Å². The molecular weight excluding hydrogens is 501 g/mol. The number of halogens is 1. The van der Waals surface area contributed by atoms with Crippen LogP contribution in [0.1, 0.15) is 36.1 Å². The van der Waals surface area contributed by atoms with Crippen LogP contribution in [0, 0.1) is 9.49 Å². The number of nitrogens with one attached hydrogen (secondary N) is 1. The van der Waals surface area contributed by atoms with Crippen LogP contribution >= 0.6 is 33.9 Å². The molecule has 1 aliphatic rings. The SMILES string of the molecule is CCO[C@H]1OC(C(=O)NCc2ccc(I)cc2)=C[C@@H](c2cccs2)[C@H]1CCCO. The Morgan fingerprint density at radius 1 is 1.31 bits per heavy atom. The predicted octanol–water partition coefficient (Wildman–Crippen LogP) is 4.42. The summed E-state index contributed by atoms with van der Waals surface area (Å²) in [5.41, 5.74) is 1.03. The molecule has 5 nitrogen and oxygen atoms in total. The molecule has 156 valence electrons. The molecule has 0 aliphatic carbocycles. The van der Waals surface area contributed by atoms with Crippen molar-refractivity contribution < 1.29 is 19.4 Å². The van der Waals surface area contributed by atoms with Gasteiger partial charge in [0.2, 0.25) is 6.29 Å². The zero-order valence-corrected chi connectivity index (χ0v) is 19.3. The van der Waals surface area contributed by atoms with Crippen LogP contribution in [0.25, 0.3) is 0 Å². The highest BCUT2D eigenvalue weighted by Crippen LogP contribution is 2.40. The Hall–Kier alpha value is -1.42. The molecule has 0 fully saturated rings. The minimum absolute atomic E-state index is 0.0194. The summed E-state index contributed by atoms with van der Waals surface area (Å²) in [5, 5.41) is 14.3. The molecule has 7 heteroatoms. The number of carbonyl (C=O) groups excluding carboxylic acids is 1. The maximum absolute atomic E-state index is 12.8. The predicted molar refractivity (Wildman–Crippen MR) is 122 cm³/mol. The minimum Gasteiger partial charge on any atom is -0.459 e. The van der Waals surface area contributed by atoms with Gasteiger partial charge in [0.05, 0.1) is 0 Å². The molecule has 2 N–H and O–H groups in total. The summed E-state index contributed by atoms with van der Waals surface area (Å²) in [6.45, 7) is 2.98. The average molecular weight is 527 g/mol. The second-order valence-corrected chi connectivity index (χ2v) is 9.08. The lowest BCUT2D eigenvalue weighted by atomic mass is 9.84. The van der Waals surface area contributed by atoms with E-state index in [1.54, 1.807) is 11.3 Å². The summed E-state index contributed by atoms with van der Waals surface area (Å²) < 4.78 is 13.0. The van der Waals surface area contributed by atoms with E-state index >= 15 is 0 Å². The zero-order valence-electron chi connectivity index (χ0n) is 16.3. The summed E-state index contributed by atoms with van der Waals surface area (Å²) in [5.74, 6) is 0.127. The summed E-state index contributed by atoms with van der Waals surface area (Å²) in [6.07, 6.45) is 2.83. The highest BCUT2D eigenvalue weighted by molar-refractivity contribution is 14.1. The largest absolute Gasteiger partial charge is 0.459 e. The first kappa shape index (κ1) is 22.3. The molecule has 1 aromatic carbocycles. The second kappa shape index (κ2) is 11.1. The van der Waals surface area contributed by atoms with Crippen molar-refractivity contribution in [3.05, 3.63) is 67.6 Å². The molecule has 3 rings (SSSR count). The molecule has 0 saturated heterocycles. The molecule has 0 spiro atoms. The van der Waals surface area contributed by atoms with Crippen molar-refractivity contribution >= 4 is 39.8 Å². The smallest absolute Gasteiger partial charge is 0.286 e. The quantitative estimate of drug-likeness (QED) is 0.474. The van der Waals surface area contributed by atoms with Gasteiger partial charge in [-0.15, -0.1) is 11.3 Å². The molecule has 1 amide bonds. The fourth-order valence-corrected chi connectivity index (χ4v) is 4.68. The van der Waals surface area contributed by atoms with Gasteiger partial charge in [-0.3, -0.25) is 4.79 Å². The van der Waals surface area contributed by atoms with E-state index in [1.165, 1.54) is 4.88 Å². The third-order valence-electron chi connectivity index (χ3n) is 4.87. The van der Waals surface area contributed by atoms with Gasteiger partial charge in [-0.05, 0) is 77.6 Å². The maximum atomic E-state index is 12.8. The molecule has 0 radical (unpaired) electrons. The average Bonchev–Trinajstić information content (AvgIpc) is 3.26. The lowest BCUT2D eigenvalue weighted by molar-refractivity contribution is -0.166. The van der Waals surface area contributed by atoms with E-state index in [0.29, 0.717) is 25.3 Å². The van der Waals surface area contributed by atoms with Crippen molar-refractivity contribution in [3.63, 3.8) is 0 Å². The molecule has 29 heavy (non-hydrogen) atoms. The summed E-state index contributed by atoms with van der Waals surface area (Å²) in [7, 11) is 0. The Morgan fingerprint density at radius 2 is 2.10 bits per heavy atom. The fraction of sp³-hybridized carbons (Fsp3) is 0.409. The highest BCUT2D eigenvalue weighted by atomic mass is 127. The van der Waals surface area contributed by atoms with Crippen molar-refractivity contribution in [2.75, 3.05) is 13.2 Å². The molecule has 0 saturated carbocycles. The first-order valence-corrected chi connectivity index (χ1v) is 11.7. The van der Waals surface area contributed by atoms with Crippen LogP contribution in [0.5, 0.6) is 0 Å². The molecule has 0 bridgehead atoms. The van der Waals surface area contributed by atoms with Gasteiger partial charge < -0.3 is 19.9 Å². The number of benzene rings is 1. The Bertz CT molecular complexity index is 807. The van der Waals surface area contributed by atoms with E-state index in [1.807, 2.05) is 48.7 Å². The van der Waals surface area contributed by atoms with Crippen molar-refractivity contribution in [1.29, 1.82) is 0 Å². The molecular formula is C22H26INO4S. The van der Waals surface area contributed by atoms with Crippen LogP contribution in [0.4, 0.5) is 0 Å². The van der Waals surface area contributed by atoms with E-state index in [0.717, 1.165) is 15.6 Å². The maximum Gasteiger partial charge on any atom is 0.286 e. The van der Waals surface area contributed by atoms with Crippen LogP contribution in [0.3, 0.4) is 0 Å². The van der Waals surface area contributed by atoms with Crippen molar-refractivity contribution in [2.24, 2.45) is 5.92 Å². The molecule has 2 aromatic rings. The zero-order chi connectivity index (χ0) is 20.6. The molecule has 1 aliphatic heterocycles. The topological polar surface area (TPSA) is 67.8 Å². The Balaban J connectivity index is 1.78. The monoisotopic (exact) mass is 527 g/mol. The van der Waals surface area contributed by atoms with Gasteiger partial charge in [-0.2, -0.15) is 0 Å². The van der Waals surface area contributed by atoms with Gasteiger partial charge in [0, 0.05) is 40.0 Å². The van der Waals surface area contributed by atoms with E-state index in [-0.39, 0.29) is 24.3 Å². The molecule has 1 aromatic heterocycles. The Kier molecular flexibility index (Phi) is 8.53. The number of aliphatic hydroxyl groups excluding tert-OH is 1. The third-order valence-corrected chi connectivity index (χ3v) is 6.57. The number of carbonyl (C=O) groups is 1. The number of hydrogen-bond donors (Lipinski definition) is 2. The van der Waals surface area contributed by atoms with Gasteiger partial charge in [0.15, 0.2) is 5.76 Å². The van der Waals surface area contributed by atoms with Crippen LogP contribution < -0.4 is 5.32 Å². The van der Waals surface area contributed by atoms with Crippen molar-refractivity contribution in [1.82, 2.24) is 5.32 Å². The van der Waals surface area contributed by atoms with Gasteiger partial charge in [-0.1, -0.05) is 18.2 Å². The van der Waals surface area contributed by atoms with E-state index in [4.69, 9.17) is 9.47 Å². The van der Waals surface area contributed by atoms with E-state index < -0.39 is 6.29 Å². The second-order valence-electron chi connectivity index (χ2n) is 6.85. The number of thiophene rings is 1. The molecule has 0 unspecified atom stereocenters. The number of aliphatic hydroxyl groups is 1. The summed E-state index contributed by atoms with van der Waals surface area (Å²) in [6, 6.07) is 12.1. The number of allylic oxidation sites excluding steroid dienone is 1. The van der Waals surface area contributed by atoms with Crippen LogP contribution in [0.15, 0.2) is 53.6 Å². The van der Waals surface area contributed by atoms with Gasteiger partial charge in [-0.25, -0.2) is 0 Å². The lowest BCUT2D eigenvalue weighted by Crippen LogP contribution is -2.38.